The molecule has 2 fully saturated rings. The van der Waals surface area contributed by atoms with E-state index in [-0.39, 0.29) is 0 Å². The topological polar surface area (TPSA) is 9.23 Å². The van der Waals surface area contributed by atoms with Gasteiger partial charge in [-0.15, -0.1) is 11.6 Å². The molecular weight excluding hydrogens is 208 g/mol. The van der Waals surface area contributed by atoms with Crippen LogP contribution in [0.5, 0.6) is 0 Å². The van der Waals surface area contributed by atoms with Gasteiger partial charge in [-0.25, -0.2) is 0 Å². The number of hydrogen-bond acceptors (Lipinski definition) is 1. The van der Waals surface area contributed by atoms with Gasteiger partial charge in [0.05, 0.1) is 6.10 Å². The molecule has 88 valence electrons. The third kappa shape index (κ3) is 2.50. The molecule has 0 bridgehead atoms. The molecule has 2 unspecified atom stereocenters. The summed E-state index contributed by atoms with van der Waals surface area (Å²) in [5.41, 5.74) is 0.409. The van der Waals surface area contributed by atoms with Crippen molar-refractivity contribution in [3.05, 3.63) is 0 Å². The van der Waals surface area contributed by atoms with Gasteiger partial charge < -0.3 is 4.74 Å². The summed E-state index contributed by atoms with van der Waals surface area (Å²) in [5.74, 6) is 1.38. The van der Waals surface area contributed by atoms with Crippen LogP contribution in [0.2, 0.25) is 0 Å². The number of rotatable bonds is 2. The molecule has 0 aromatic heterocycles. The van der Waals surface area contributed by atoms with Gasteiger partial charge in [0.15, 0.2) is 0 Å². The first kappa shape index (κ1) is 11.7. The molecule has 2 atom stereocenters. The molecule has 1 saturated carbocycles. The summed E-state index contributed by atoms with van der Waals surface area (Å²) in [7, 11) is 0. The molecule has 1 aliphatic heterocycles. The van der Waals surface area contributed by atoms with Crippen molar-refractivity contribution in [1.82, 2.24) is 0 Å². The highest BCUT2D eigenvalue weighted by atomic mass is 35.5. The second-order valence-corrected chi connectivity index (χ2v) is 5.87. The number of ether oxygens (including phenoxy) is 1. The van der Waals surface area contributed by atoms with E-state index >= 15 is 0 Å². The van der Waals surface area contributed by atoms with Gasteiger partial charge in [-0.1, -0.05) is 32.6 Å². The van der Waals surface area contributed by atoms with Crippen LogP contribution in [0.15, 0.2) is 0 Å². The third-order valence-electron chi connectivity index (χ3n) is 4.35. The minimum absolute atomic E-state index is 0.409. The van der Waals surface area contributed by atoms with Crippen LogP contribution < -0.4 is 0 Å². The van der Waals surface area contributed by atoms with Crippen LogP contribution in [0, 0.1) is 11.3 Å². The first-order valence-corrected chi connectivity index (χ1v) is 6.97. The number of alkyl halides is 1. The second-order valence-electron chi connectivity index (χ2n) is 5.56. The Balaban J connectivity index is 2.05. The fraction of sp³-hybridized carbons (Fsp3) is 1.00. The predicted octanol–water partition coefficient (Wildman–Crippen LogP) is 3.99. The average molecular weight is 231 g/mol. The standard InChI is InChI=1S/C13H23ClO/c1-13(7-4-2-3-5-8-13)12-11(10-14)6-9-15-12/h11-12H,2-10H2,1H3. The second kappa shape index (κ2) is 5.05. The quantitative estimate of drug-likeness (QED) is 0.515. The summed E-state index contributed by atoms with van der Waals surface area (Å²) in [6.45, 7) is 3.35. The van der Waals surface area contributed by atoms with Crippen LogP contribution >= 0.6 is 11.6 Å². The van der Waals surface area contributed by atoms with E-state index in [4.69, 9.17) is 16.3 Å². The van der Waals surface area contributed by atoms with Crippen LogP contribution in [0.25, 0.3) is 0 Å². The molecule has 0 amide bonds. The first-order valence-electron chi connectivity index (χ1n) is 6.44. The van der Waals surface area contributed by atoms with Crippen LogP contribution in [0.4, 0.5) is 0 Å². The fourth-order valence-corrected chi connectivity index (χ4v) is 3.70. The molecular formula is C13H23ClO. The zero-order chi connectivity index (χ0) is 10.7. The molecule has 1 nitrogen and oxygen atoms in total. The summed E-state index contributed by atoms with van der Waals surface area (Å²) in [5, 5.41) is 0. The lowest BCUT2D eigenvalue weighted by Crippen LogP contribution is -2.36. The van der Waals surface area contributed by atoms with Crippen molar-refractivity contribution in [1.29, 1.82) is 0 Å². The zero-order valence-corrected chi connectivity index (χ0v) is 10.6. The summed E-state index contributed by atoms with van der Waals surface area (Å²) < 4.78 is 5.97. The Bertz CT molecular complexity index is 197. The minimum atomic E-state index is 0.409. The molecule has 0 spiro atoms. The van der Waals surface area contributed by atoms with Crippen LogP contribution in [0.3, 0.4) is 0 Å². The maximum Gasteiger partial charge on any atom is 0.0668 e. The van der Waals surface area contributed by atoms with Crippen molar-refractivity contribution in [2.45, 2.75) is 58.0 Å². The van der Waals surface area contributed by atoms with Crippen LogP contribution in [-0.4, -0.2) is 18.6 Å². The molecule has 0 aromatic rings. The molecule has 1 heterocycles. The molecule has 0 radical (unpaired) electrons. The summed E-state index contributed by atoms with van der Waals surface area (Å²) in [6.07, 6.45) is 9.87. The Hall–Kier alpha value is 0.250. The van der Waals surface area contributed by atoms with Crippen molar-refractivity contribution in [2.24, 2.45) is 11.3 Å². The monoisotopic (exact) mass is 230 g/mol. The van der Waals surface area contributed by atoms with E-state index in [0.717, 1.165) is 12.5 Å². The predicted molar refractivity (Wildman–Crippen MR) is 64.4 cm³/mol. The minimum Gasteiger partial charge on any atom is -0.377 e. The van der Waals surface area contributed by atoms with E-state index in [0.29, 0.717) is 17.4 Å². The van der Waals surface area contributed by atoms with Crippen molar-refractivity contribution >= 4 is 11.6 Å². The van der Waals surface area contributed by atoms with Crippen molar-refractivity contribution in [2.75, 3.05) is 12.5 Å². The van der Waals surface area contributed by atoms with Gasteiger partial charge in [0.2, 0.25) is 0 Å². The van der Waals surface area contributed by atoms with E-state index in [1.54, 1.807) is 0 Å². The van der Waals surface area contributed by atoms with E-state index in [2.05, 4.69) is 6.92 Å². The zero-order valence-electron chi connectivity index (χ0n) is 9.80. The highest BCUT2D eigenvalue weighted by molar-refractivity contribution is 6.18. The van der Waals surface area contributed by atoms with Crippen LogP contribution in [-0.2, 0) is 4.74 Å². The SMILES string of the molecule is CC1(C2OCCC2CCl)CCCCCC1. The maximum atomic E-state index is 6.04. The van der Waals surface area contributed by atoms with Gasteiger partial charge in [-0.3, -0.25) is 0 Å². The summed E-state index contributed by atoms with van der Waals surface area (Å²) in [4.78, 5) is 0. The largest absolute Gasteiger partial charge is 0.377 e. The Morgan fingerprint density at radius 3 is 2.47 bits per heavy atom. The van der Waals surface area contributed by atoms with E-state index in [1.165, 1.54) is 44.9 Å². The maximum absolute atomic E-state index is 6.04. The van der Waals surface area contributed by atoms with Gasteiger partial charge in [0, 0.05) is 18.4 Å². The summed E-state index contributed by atoms with van der Waals surface area (Å²) >= 11 is 6.04. The van der Waals surface area contributed by atoms with E-state index < -0.39 is 0 Å². The van der Waals surface area contributed by atoms with E-state index in [9.17, 15) is 0 Å². The Morgan fingerprint density at radius 2 is 1.87 bits per heavy atom. The van der Waals surface area contributed by atoms with Crippen molar-refractivity contribution in [3.8, 4) is 0 Å². The Kier molecular flexibility index (Phi) is 3.95. The Labute approximate surface area is 98.5 Å². The molecule has 2 heteroatoms. The fourth-order valence-electron chi connectivity index (χ4n) is 3.38. The van der Waals surface area contributed by atoms with Gasteiger partial charge in [0.1, 0.15) is 0 Å². The molecule has 1 saturated heterocycles. The number of hydrogen-bond donors (Lipinski definition) is 0. The third-order valence-corrected chi connectivity index (χ3v) is 4.74. The number of halogens is 1. The highest BCUT2D eigenvalue weighted by Gasteiger charge is 2.42. The molecule has 15 heavy (non-hydrogen) atoms. The molecule has 0 aromatic carbocycles. The molecule has 2 aliphatic rings. The lowest BCUT2D eigenvalue weighted by Gasteiger charge is -2.37. The van der Waals surface area contributed by atoms with Gasteiger partial charge in [-0.2, -0.15) is 0 Å². The highest BCUT2D eigenvalue weighted by Crippen LogP contribution is 2.44. The van der Waals surface area contributed by atoms with Gasteiger partial charge in [-0.05, 0) is 24.7 Å². The smallest absolute Gasteiger partial charge is 0.0668 e. The lowest BCUT2D eigenvalue weighted by molar-refractivity contribution is -0.0169. The average Bonchev–Trinajstić information content (AvgIpc) is 2.62. The van der Waals surface area contributed by atoms with Gasteiger partial charge >= 0.3 is 0 Å². The lowest BCUT2D eigenvalue weighted by atomic mass is 9.73. The van der Waals surface area contributed by atoms with Gasteiger partial charge in [0.25, 0.3) is 0 Å². The normalized spacial score (nSPS) is 36.4. The summed E-state index contributed by atoms with van der Waals surface area (Å²) in [6, 6.07) is 0. The first-order chi connectivity index (χ1) is 7.26. The van der Waals surface area contributed by atoms with Crippen molar-refractivity contribution in [3.63, 3.8) is 0 Å². The van der Waals surface area contributed by atoms with Crippen molar-refractivity contribution < 1.29 is 4.74 Å². The van der Waals surface area contributed by atoms with Crippen LogP contribution in [0.1, 0.15) is 51.9 Å². The van der Waals surface area contributed by atoms with E-state index in [1.807, 2.05) is 0 Å². The molecule has 1 aliphatic carbocycles. The molecule has 0 N–H and O–H groups in total. The molecule has 2 rings (SSSR count). The Morgan fingerprint density at radius 1 is 1.20 bits per heavy atom.